The molecule has 0 aromatic carbocycles. The molecule has 1 heterocycles. The zero-order chi connectivity index (χ0) is 11.9. The van der Waals surface area contributed by atoms with Crippen molar-refractivity contribution in [2.24, 2.45) is 0 Å². The van der Waals surface area contributed by atoms with Crippen LogP contribution in [0, 0.1) is 0 Å². The highest BCUT2D eigenvalue weighted by molar-refractivity contribution is 5.68. The van der Waals surface area contributed by atoms with Crippen LogP contribution in [0.2, 0.25) is 0 Å². The fourth-order valence-corrected chi connectivity index (χ4v) is 2.26. The monoisotopic (exact) mass is 228 g/mol. The minimum absolute atomic E-state index is 0.0131. The number of hydroxylamine groups is 3. The van der Waals surface area contributed by atoms with E-state index in [1.807, 2.05) is 7.05 Å². The van der Waals surface area contributed by atoms with Crippen LogP contribution in [0.5, 0.6) is 0 Å². The minimum atomic E-state index is -0.0131. The van der Waals surface area contributed by atoms with Gasteiger partial charge in [0.05, 0.1) is 6.42 Å². The minimum Gasteiger partial charge on any atom is -0.277 e. The van der Waals surface area contributed by atoms with Crippen LogP contribution < -0.4 is 0 Å². The average Bonchev–Trinajstić information content (AvgIpc) is 2.64. The largest absolute Gasteiger partial charge is 0.366 e. The van der Waals surface area contributed by atoms with Gasteiger partial charge in [-0.15, -0.1) is 4.65 Å². The Kier molecular flexibility index (Phi) is 5.81. The van der Waals surface area contributed by atoms with Gasteiger partial charge in [0.25, 0.3) is 0 Å². The van der Waals surface area contributed by atoms with Crippen molar-refractivity contribution in [3.63, 3.8) is 0 Å². The molecule has 0 saturated carbocycles. The molecule has 0 radical (unpaired) electrons. The molecule has 1 rings (SSSR count). The Balaban J connectivity index is 2.06. The molecule has 0 bridgehead atoms. The Morgan fingerprint density at radius 2 is 1.75 bits per heavy atom. The van der Waals surface area contributed by atoms with Crippen molar-refractivity contribution >= 4 is 5.97 Å². The maximum absolute atomic E-state index is 11.6. The topological polar surface area (TPSA) is 26.3 Å². The number of carbonyl (C=O) groups excluding carboxylic acids is 1. The summed E-state index contributed by atoms with van der Waals surface area (Å²) in [7, 11) is 2.02. The van der Waals surface area contributed by atoms with Crippen molar-refractivity contribution in [2.45, 2.75) is 58.3 Å². The molecule has 0 unspecified atom stereocenters. The first-order valence-corrected chi connectivity index (χ1v) is 6.73. The molecule has 16 heavy (non-hydrogen) atoms. The summed E-state index contributed by atoms with van der Waals surface area (Å²) in [6, 6.07) is 0. The SMILES string of the molecule is CCCCCCCC(=O)O[N+]1(C)CCCC1. The van der Waals surface area contributed by atoms with E-state index in [-0.39, 0.29) is 5.97 Å². The second kappa shape index (κ2) is 6.89. The summed E-state index contributed by atoms with van der Waals surface area (Å²) in [5.41, 5.74) is 0. The van der Waals surface area contributed by atoms with Gasteiger partial charge in [-0.3, -0.25) is 4.84 Å². The van der Waals surface area contributed by atoms with Gasteiger partial charge in [-0.1, -0.05) is 32.6 Å². The number of hydrogen-bond acceptors (Lipinski definition) is 2. The Morgan fingerprint density at radius 3 is 2.38 bits per heavy atom. The van der Waals surface area contributed by atoms with Crippen LogP contribution in [0.25, 0.3) is 0 Å². The zero-order valence-electron chi connectivity index (χ0n) is 10.8. The molecule has 0 aliphatic carbocycles. The molecule has 0 N–H and O–H groups in total. The molecule has 94 valence electrons. The summed E-state index contributed by atoms with van der Waals surface area (Å²) in [5.74, 6) is -0.0131. The molecule has 1 aliphatic heterocycles. The van der Waals surface area contributed by atoms with Gasteiger partial charge in [-0.05, 0) is 6.42 Å². The molecule has 1 saturated heterocycles. The van der Waals surface area contributed by atoms with Crippen molar-refractivity contribution in [3.8, 4) is 0 Å². The highest BCUT2D eigenvalue weighted by atomic mass is 16.7. The maximum Gasteiger partial charge on any atom is 0.366 e. The molecule has 1 aliphatic rings. The quantitative estimate of drug-likeness (QED) is 0.494. The van der Waals surface area contributed by atoms with E-state index in [9.17, 15) is 4.79 Å². The zero-order valence-corrected chi connectivity index (χ0v) is 10.8. The number of likely N-dealkylation sites (tertiary alicyclic amines) is 1. The third kappa shape index (κ3) is 4.97. The lowest BCUT2D eigenvalue weighted by Crippen LogP contribution is -2.42. The summed E-state index contributed by atoms with van der Waals surface area (Å²) in [4.78, 5) is 17.1. The lowest BCUT2D eigenvalue weighted by Gasteiger charge is -2.25. The van der Waals surface area contributed by atoms with Crippen LogP contribution in [0.15, 0.2) is 0 Å². The van der Waals surface area contributed by atoms with Gasteiger partial charge < -0.3 is 0 Å². The molecule has 0 amide bonds. The fraction of sp³-hybridized carbons (Fsp3) is 0.923. The highest BCUT2D eigenvalue weighted by Crippen LogP contribution is 2.18. The molecule has 3 heteroatoms. The standard InChI is InChI=1S/C13H26NO2/c1-3-4-5-6-7-10-13(15)16-14(2)11-8-9-12-14/h3-12H2,1-2H3/q+1. The summed E-state index contributed by atoms with van der Waals surface area (Å²) < 4.78 is 0.508. The number of hydrogen-bond donors (Lipinski definition) is 0. The van der Waals surface area contributed by atoms with E-state index < -0.39 is 0 Å². The number of rotatable bonds is 7. The smallest absolute Gasteiger partial charge is 0.277 e. The van der Waals surface area contributed by atoms with Gasteiger partial charge in [0.1, 0.15) is 20.1 Å². The molecule has 0 aromatic heterocycles. The number of carbonyl (C=O) groups is 1. The van der Waals surface area contributed by atoms with E-state index in [2.05, 4.69) is 6.92 Å². The third-order valence-electron chi connectivity index (χ3n) is 3.32. The Bertz CT molecular complexity index is 210. The Labute approximate surface area is 99.3 Å². The van der Waals surface area contributed by atoms with E-state index >= 15 is 0 Å². The number of unbranched alkanes of at least 4 members (excludes halogenated alkanes) is 4. The molecule has 0 spiro atoms. The summed E-state index contributed by atoms with van der Waals surface area (Å²) in [5, 5.41) is 0. The van der Waals surface area contributed by atoms with E-state index in [0.717, 1.165) is 25.9 Å². The van der Waals surface area contributed by atoms with Crippen LogP contribution in [-0.2, 0) is 9.63 Å². The Morgan fingerprint density at radius 1 is 1.12 bits per heavy atom. The van der Waals surface area contributed by atoms with Gasteiger partial charge in [-0.25, -0.2) is 4.79 Å². The first-order chi connectivity index (χ1) is 7.66. The van der Waals surface area contributed by atoms with Crippen LogP contribution >= 0.6 is 0 Å². The van der Waals surface area contributed by atoms with E-state index in [4.69, 9.17) is 4.84 Å². The molecule has 3 nitrogen and oxygen atoms in total. The van der Waals surface area contributed by atoms with Gasteiger partial charge in [0, 0.05) is 12.8 Å². The van der Waals surface area contributed by atoms with Crippen LogP contribution in [0.4, 0.5) is 0 Å². The van der Waals surface area contributed by atoms with Crippen molar-refractivity contribution in [3.05, 3.63) is 0 Å². The van der Waals surface area contributed by atoms with E-state index in [0.29, 0.717) is 11.1 Å². The van der Waals surface area contributed by atoms with Crippen LogP contribution in [0.3, 0.4) is 0 Å². The van der Waals surface area contributed by atoms with Gasteiger partial charge >= 0.3 is 5.97 Å². The summed E-state index contributed by atoms with van der Waals surface area (Å²) in [6.45, 7) is 4.18. The van der Waals surface area contributed by atoms with E-state index in [1.54, 1.807) is 0 Å². The maximum atomic E-state index is 11.6. The highest BCUT2D eigenvalue weighted by Gasteiger charge is 2.31. The Hall–Kier alpha value is -0.570. The first-order valence-electron chi connectivity index (χ1n) is 6.73. The van der Waals surface area contributed by atoms with Gasteiger partial charge in [0.2, 0.25) is 0 Å². The number of nitrogens with zero attached hydrogens (tertiary/aromatic N) is 1. The first kappa shape index (κ1) is 13.5. The molecule has 0 aromatic rings. The predicted molar refractivity (Wildman–Crippen MR) is 64.6 cm³/mol. The molecular weight excluding hydrogens is 202 g/mol. The second-order valence-electron chi connectivity index (χ2n) is 5.08. The van der Waals surface area contributed by atoms with Gasteiger partial charge in [-0.2, -0.15) is 0 Å². The van der Waals surface area contributed by atoms with Crippen molar-refractivity contribution in [2.75, 3.05) is 20.1 Å². The average molecular weight is 228 g/mol. The summed E-state index contributed by atoms with van der Waals surface area (Å²) in [6.07, 6.45) is 8.88. The normalized spacial score (nSPS) is 18.6. The second-order valence-corrected chi connectivity index (χ2v) is 5.08. The molecule has 0 atom stereocenters. The van der Waals surface area contributed by atoms with Crippen molar-refractivity contribution < 1.29 is 14.3 Å². The molecule has 1 fully saturated rings. The van der Waals surface area contributed by atoms with Crippen LogP contribution in [0.1, 0.15) is 58.3 Å². The predicted octanol–water partition coefficient (Wildman–Crippen LogP) is 3.05. The summed E-state index contributed by atoms with van der Waals surface area (Å²) >= 11 is 0. The van der Waals surface area contributed by atoms with E-state index in [1.165, 1.54) is 32.1 Å². The van der Waals surface area contributed by atoms with Crippen LogP contribution in [-0.4, -0.2) is 30.8 Å². The van der Waals surface area contributed by atoms with Crippen molar-refractivity contribution in [1.82, 2.24) is 0 Å². The molecular formula is C13H26NO2+. The third-order valence-corrected chi connectivity index (χ3v) is 3.32. The number of quaternary nitrogens is 1. The lowest BCUT2D eigenvalue weighted by molar-refractivity contribution is -1.07. The fourth-order valence-electron chi connectivity index (χ4n) is 2.26. The van der Waals surface area contributed by atoms with Crippen molar-refractivity contribution in [1.29, 1.82) is 0 Å². The lowest BCUT2D eigenvalue weighted by atomic mass is 10.1. The van der Waals surface area contributed by atoms with Gasteiger partial charge in [0.15, 0.2) is 0 Å².